The topological polar surface area (TPSA) is 68.5 Å². The molecule has 2 rings (SSSR count). The van der Waals surface area contributed by atoms with Crippen LogP contribution in [-0.4, -0.2) is 53.2 Å². The molecular weight excluding hydrogens is 242 g/mol. The van der Waals surface area contributed by atoms with Crippen molar-refractivity contribution in [2.75, 3.05) is 32.2 Å². The Morgan fingerprint density at radius 1 is 1.71 bits per heavy atom. The van der Waals surface area contributed by atoms with Gasteiger partial charge in [0.1, 0.15) is 6.42 Å². The number of rotatable bonds is 3. The molecule has 0 amide bonds. The number of carbonyl (C=O) groups is 1. The molecule has 0 aliphatic carbocycles. The number of nitrogens with zero attached hydrogens (tertiary/aromatic N) is 3. The van der Waals surface area contributed by atoms with Gasteiger partial charge in [-0.2, -0.15) is 16.7 Å². The lowest BCUT2D eigenvalue weighted by Gasteiger charge is -2.29. The zero-order valence-corrected chi connectivity index (χ0v) is 10.7. The number of ether oxygens (including phenoxy) is 1. The fourth-order valence-electron chi connectivity index (χ4n) is 1.63. The lowest BCUT2D eigenvalue weighted by Crippen LogP contribution is -2.33. The van der Waals surface area contributed by atoms with Crippen molar-refractivity contribution < 1.29 is 14.1 Å². The van der Waals surface area contributed by atoms with Crippen LogP contribution in [0.5, 0.6) is 0 Å². The Labute approximate surface area is 104 Å². The van der Waals surface area contributed by atoms with Gasteiger partial charge < -0.3 is 9.26 Å². The number of hydrogen-bond donors (Lipinski definition) is 0. The molecule has 0 N–H and O–H groups in total. The summed E-state index contributed by atoms with van der Waals surface area (Å²) in [6, 6.07) is 0.170. The molecule has 17 heavy (non-hydrogen) atoms. The van der Waals surface area contributed by atoms with E-state index in [0.29, 0.717) is 11.7 Å². The summed E-state index contributed by atoms with van der Waals surface area (Å²) in [6.45, 7) is 1.01. The Morgan fingerprint density at radius 3 is 3.24 bits per heavy atom. The fraction of sp³-hybridized carbons (Fsp3) is 0.700. The molecule has 94 valence electrons. The molecule has 0 radical (unpaired) electrons. The SMILES string of the molecule is COC(=O)Cc1nc(C2CSCCN2C)no1. The number of aromatic nitrogens is 2. The number of carbonyl (C=O) groups excluding carboxylic acids is 1. The van der Waals surface area contributed by atoms with E-state index in [2.05, 4.69) is 19.8 Å². The van der Waals surface area contributed by atoms with Gasteiger partial charge in [-0.05, 0) is 7.05 Å². The van der Waals surface area contributed by atoms with Gasteiger partial charge in [0, 0.05) is 18.1 Å². The van der Waals surface area contributed by atoms with E-state index in [1.807, 2.05) is 18.8 Å². The summed E-state index contributed by atoms with van der Waals surface area (Å²) < 4.78 is 9.59. The molecule has 1 atom stereocenters. The number of hydrogen-bond acceptors (Lipinski definition) is 7. The highest BCUT2D eigenvalue weighted by Gasteiger charge is 2.26. The van der Waals surface area contributed by atoms with Crippen molar-refractivity contribution in [3.63, 3.8) is 0 Å². The summed E-state index contributed by atoms with van der Waals surface area (Å²) in [7, 11) is 3.38. The van der Waals surface area contributed by atoms with Crippen molar-refractivity contribution in [1.82, 2.24) is 15.0 Å². The largest absolute Gasteiger partial charge is 0.469 e. The highest BCUT2D eigenvalue weighted by Crippen LogP contribution is 2.26. The molecule has 1 aliphatic rings. The summed E-state index contributed by atoms with van der Waals surface area (Å²) in [5.41, 5.74) is 0. The van der Waals surface area contributed by atoms with Crippen LogP contribution in [-0.2, 0) is 16.0 Å². The van der Waals surface area contributed by atoms with E-state index in [9.17, 15) is 4.79 Å². The van der Waals surface area contributed by atoms with Gasteiger partial charge in [0.25, 0.3) is 0 Å². The third-order valence-electron chi connectivity index (χ3n) is 2.70. The quantitative estimate of drug-likeness (QED) is 0.730. The average Bonchev–Trinajstić information content (AvgIpc) is 2.78. The zero-order chi connectivity index (χ0) is 12.3. The van der Waals surface area contributed by atoms with E-state index in [1.54, 1.807) is 0 Å². The van der Waals surface area contributed by atoms with Crippen molar-refractivity contribution >= 4 is 17.7 Å². The minimum atomic E-state index is -0.369. The van der Waals surface area contributed by atoms with Crippen LogP contribution in [0.4, 0.5) is 0 Å². The molecule has 0 aromatic carbocycles. The van der Waals surface area contributed by atoms with Gasteiger partial charge in [-0.25, -0.2) is 0 Å². The molecule has 6 nitrogen and oxygen atoms in total. The van der Waals surface area contributed by atoms with Gasteiger partial charge in [-0.1, -0.05) is 5.16 Å². The van der Waals surface area contributed by atoms with Crippen LogP contribution in [0.2, 0.25) is 0 Å². The fourth-order valence-corrected chi connectivity index (χ4v) is 2.84. The van der Waals surface area contributed by atoms with Crippen LogP contribution in [0.3, 0.4) is 0 Å². The van der Waals surface area contributed by atoms with E-state index >= 15 is 0 Å². The molecule has 2 heterocycles. The van der Waals surface area contributed by atoms with Gasteiger partial charge >= 0.3 is 5.97 Å². The summed E-state index contributed by atoms with van der Waals surface area (Å²) in [6.07, 6.45) is 0.0348. The van der Waals surface area contributed by atoms with Crippen molar-refractivity contribution in [2.45, 2.75) is 12.5 Å². The first-order chi connectivity index (χ1) is 8.20. The number of methoxy groups -OCH3 is 1. The Kier molecular flexibility index (Phi) is 4.01. The van der Waals surface area contributed by atoms with Crippen molar-refractivity contribution in [3.05, 3.63) is 11.7 Å². The smallest absolute Gasteiger partial charge is 0.315 e. The van der Waals surface area contributed by atoms with Gasteiger partial charge in [-0.3, -0.25) is 9.69 Å². The average molecular weight is 257 g/mol. The lowest BCUT2D eigenvalue weighted by atomic mass is 10.3. The maximum atomic E-state index is 11.1. The predicted molar refractivity (Wildman–Crippen MR) is 62.7 cm³/mol. The van der Waals surface area contributed by atoms with Crippen LogP contribution < -0.4 is 0 Å². The molecule has 1 aliphatic heterocycles. The molecule has 0 saturated carbocycles. The van der Waals surface area contributed by atoms with Crippen LogP contribution in [0.1, 0.15) is 17.8 Å². The molecule has 1 saturated heterocycles. The Bertz CT molecular complexity index is 396. The van der Waals surface area contributed by atoms with Crippen LogP contribution >= 0.6 is 11.8 Å². The monoisotopic (exact) mass is 257 g/mol. The molecule has 1 aromatic rings. The minimum Gasteiger partial charge on any atom is -0.469 e. The summed E-state index contributed by atoms with van der Waals surface area (Å²) in [5, 5.41) is 3.93. The molecule has 1 aromatic heterocycles. The molecule has 7 heteroatoms. The minimum absolute atomic E-state index is 0.0348. The van der Waals surface area contributed by atoms with Crippen molar-refractivity contribution in [2.24, 2.45) is 0 Å². The number of esters is 1. The second kappa shape index (κ2) is 5.50. The first kappa shape index (κ1) is 12.4. The number of thioether (sulfide) groups is 1. The zero-order valence-electron chi connectivity index (χ0n) is 9.88. The second-order valence-electron chi connectivity index (χ2n) is 3.87. The molecular formula is C10H15N3O3S. The lowest BCUT2D eigenvalue weighted by molar-refractivity contribution is -0.140. The van der Waals surface area contributed by atoms with Gasteiger partial charge in [0.15, 0.2) is 5.82 Å². The predicted octanol–water partition coefficient (Wildman–Crippen LogP) is 0.505. The Balaban J connectivity index is 2.04. The third-order valence-corrected chi connectivity index (χ3v) is 3.72. The summed E-state index contributed by atoms with van der Waals surface area (Å²) in [4.78, 5) is 17.5. The van der Waals surface area contributed by atoms with Gasteiger partial charge in [-0.15, -0.1) is 0 Å². The van der Waals surface area contributed by atoms with E-state index in [0.717, 1.165) is 18.1 Å². The maximum Gasteiger partial charge on any atom is 0.315 e. The summed E-state index contributed by atoms with van der Waals surface area (Å²) in [5.74, 6) is 2.68. The molecule has 1 unspecified atom stereocenters. The van der Waals surface area contributed by atoms with Crippen LogP contribution in [0.15, 0.2) is 4.52 Å². The van der Waals surface area contributed by atoms with E-state index < -0.39 is 0 Å². The van der Waals surface area contributed by atoms with Crippen molar-refractivity contribution in [3.8, 4) is 0 Å². The highest BCUT2D eigenvalue weighted by atomic mass is 32.2. The first-order valence-electron chi connectivity index (χ1n) is 5.38. The van der Waals surface area contributed by atoms with Gasteiger partial charge in [0.05, 0.1) is 13.2 Å². The standard InChI is InChI=1S/C10H15N3O3S/c1-13-3-4-17-6-7(13)10-11-8(16-12-10)5-9(14)15-2/h7H,3-6H2,1-2H3. The first-order valence-corrected chi connectivity index (χ1v) is 6.53. The van der Waals surface area contributed by atoms with Crippen molar-refractivity contribution in [1.29, 1.82) is 0 Å². The Hall–Kier alpha value is -1.08. The molecule has 0 bridgehead atoms. The third kappa shape index (κ3) is 2.98. The van der Waals surface area contributed by atoms with Crippen LogP contribution in [0, 0.1) is 0 Å². The molecule has 1 fully saturated rings. The van der Waals surface area contributed by atoms with Gasteiger partial charge in [0.2, 0.25) is 5.89 Å². The summed E-state index contributed by atoms with van der Waals surface area (Å²) >= 11 is 1.87. The maximum absolute atomic E-state index is 11.1. The second-order valence-corrected chi connectivity index (χ2v) is 5.02. The Morgan fingerprint density at radius 2 is 2.53 bits per heavy atom. The normalized spacial score (nSPS) is 21.4. The van der Waals surface area contributed by atoms with E-state index in [-0.39, 0.29) is 18.4 Å². The molecule has 0 spiro atoms. The highest BCUT2D eigenvalue weighted by molar-refractivity contribution is 7.99. The van der Waals surface area contributed by atoms with E-state index in [1.165, 1.54) is 7.11 Å². The van der Waals surface area contributed by atoms with E-state index in [4.69, 9.17) is 4.52 Å². The van der Waals surface area contributed by atoms with Crippen LogP contribution in [0.25, 0.3) is 0 Å².